The number of benzene rings is 2. The van der Waals surface area contributed by atoms with E-state index in [4.69, 9.17) is 9.47 Å². The van der Waals surface area contributed by atoms with Gasteiger partial charge in [-0.15, -0.1) is 11.8 Å². The van der Waals surface area contributed by atoms with Gasteiger partial charge < -0.3 is 9.47 Å². The summed E-state index contributed by atoms with van der Waals surface area (Å²) in [4.78, 5) is 58.9. The van der Waals surface area contributed by atoms with Crippen LogP contribution in [0.2, 0.25) is 0 Å². The van der Waals surface area contributed by atoms with E-state index in [1.54, 1.807) is 0 Å². The highest BCUT2D eigenvalue weighted by Gasteiger charge is 2.49. The van der Waals surface area contributed by atoms with E-state index in [2.05, 4.69) is 0 Å². The average molecular weight is 532 g/mol. The molecule has 2 aromatic rings. The monoisotopic (exact) mass is 531 g/mol. The molecular weight excluding hydrogens is 514 g/mol. The molecule has 14 heteroatoms. The lowest BCUT2D eigenvalue weighted by molar-refractivity contribution is -0.385. The molecule has 0 radical (unpaired) electrons. The number of nitrogens with zero attached hydrogens (tertiary/aromatic N) is 3. The van der Waals surface area contributed by atoms with E-state index in [9.17, 15) is 34.6 Å². The Morgan fingerprint density at radius 1 is 0.944 bits per heavy atom. The van der Waals surface area contributed by atoms with E-state index in [1.807, 2.05) is 0 Å². The molecule has 2 heterocycles. The molecular formula is C22H17N3O9S2. The molecule has 1 amide bonds. The maximum Gasteiger partial charge on any atom is 0.357 e. The van der Waals surface area contributed by atoms with E-state index in [0.29, 0.717) is 15.4 Å². The molecule has 186 valence electrons. The van der Waals surface area contributed by atoms with Crippen LogP contribution >= 0.6 is 23.5 Å². The Bertz CT molecular complexity index is 1260. The van der Waals surface area contributed by atoms with Crippen molar-refractivity contribution < 1.29 is 33.7 Å². The number of amides is 1. The lowest BCUT2D eigenvalue weighted by Crippen LogP contribution is -2.48. The van der Waals surface area contributed by atoms with E-state index >= 15 is 0 Å². The minimum absolute atomic E-state index is 0.0660. The summed E-state index contributed by atoms with van der Waals surface area (Å²) in [5, 5.41) is 21.2. The van der Waals surface area contributed by atoms with Crippen LogP contribution in [-0.2, 0) is 37.1 Å². The Labute approximate surface area is 211 Å². The van der Waals surface area contributed by atoms with Crippen molar-refractivity contribution in [3.63, 3.8) is 0 Å². The van der Waals surface area contributed by atoms with Crippen LogP contribution in [0.5, 0.6) is 0 Å². The fraction of sp³-hybridized carbons (Fsp3) is 0.227. The summed E-state index contributed by atoms with van der Waals surface area (Å²) < 4.78 is 11.0. The largest absolute Gasteiger partial charge is 0.460 e. The van der Waals surface area contributed by atoms with Gasteiger partial charge in [0.25, 0.3) is 11.4 Å². The molecule has 0 N–H and O–H groups in total. The summed E-state index contributed by atoms with van der Waals surface area (Å²) in [6.07, 6.45) is 0.262. The topological polar surface area (TPSA) is 159 Å². The zero-order chi connectivity index (χ0) is 25.8. The molecule has 1 saturated heterocycles. The van der Waals surface area contributed by atoms with Gasteiger partial charge in [0, 0.05) is 24.3 Å². The van der Waals surface area contributed by atoms with Gasteiger partial charge in [-0.3, -0.25) is 34.7 Å². The van der Waals surface area contributed by atoms with Gasteiger partial charge in [0.05, 0.1) is 31.6 Å². The van der Waals surface area contributed by atoms with Crippen molar-refractivity contribution in [2.45, 2.75) is 25.0 Å². The molecule has 2 aliphatic rings. The second-order valence-electron chi connectivity index (χ2n) is 7.55. The number of β-lactam (4-membered cyclic amide) rings is 1. The quantitative estimate of drug-likeness (QED) is 0.191. The second-order valence-corrected chi connectivity index (χ2v) is 9.98. The van der Waals surface area contributed by atoms with Crippen molar-refractivity contribution in [2.24, 2.45) is 0 Å². The fourth-order valence-electron chi connectivity index (χ4n) is 3.29. The van der Waals surface area contributed by atoms with Crippen molar-refractivity contribution in [2.75, 3.05) is 5.75 Å². The molecule has 2 aromatic carbocycles. The SMILES string of the molecule is O=C(CSC1=C(C(=O)OCc2ccc([N+](=O)[O-])cc2)N2C(=O)C[C@@H]2S1)OCc1ccc([N+](=O)[O-])cc1. The van der Waals surface area contributed by atoms with Crippen molar-refractivity contribution in [1.29, 1.82) is 0 Å². The summed E-state index contributed by atoms with van der Waals surface area (Å²) in [6.45, 7) is -0.214. The number of carbonyl (C=O) groups is 3. The van der Waals surface area contributed by atoms with Gasteiger partial charge in [-0.05, 0) is 35.4 Å². The molecule has 4 rings (SSSR count). The fourth-order valence-corrected chi connectivity index (χ4v) is 5.81. The average Bonchev–Trinajstić information content (AvgIpc) is 3.17. The predicted octanol–water partition coefficient (Wildman–Crippen LogP) is 3.50. The van der Waals surface area contributed by atoms with Crippen molar-refractivity contribution in [3.8, 4) is 0 Å². The first-order chi connectivity index (χ1) is 17.2. The molecule has 0 aromatic heterocycles. The summed E-state index contributed by atoms with van der Waals surface area (Å²) >= 11 is 2.34. The van der Waals surface area contributed by atoms with E-state index in [0.717, 1.165) is 11.8 Å². The van der Waals surface area contributed by atoms with Crippen LogP contribution in [0.25, 0.3) is 0 Å². The minimum Gasteiger partial charge on any atom is -0.460 e. The number of thioether (sulfide) groups is 2. The van der Waals surface area contributed by atoms with Crippen LogP contribution < -0.4 is 0 Å². The molecule has 0 saturated carbocycles. The van der Waals surface area contributed by atoms with Crippen molar-refractivity contribution in [1.82, 2.24) is 4.90 Å². The zero-order valence-corrected chi connectivity index (χ0v) is 20.0. The van der Waals surface area contributed by atoms with Crippen LogP contribution in [0.1, 0.15) is 17.5 Å². The third kappa shape index (κ3) is 5.66. The van der Waals surface area contributed by atoms with Gasteiger partial charge in [0.15, 0.2) is 5.70 Å². The number of fused-ring (bicyclic) bond motifs is 1. The highest BCUT2D eigenvalue weighted by Crippen LogP contribution is 2.50. The number of hydrogen-bond donors (Lipinski definition) is 0. The highest BCUT2D eigenvalue weighted by atomic mass is 32.2. The standard InChI is InChI=1S/C22H17N3O9S2/c26-17-9-18-23(17)20(21(28)34-11-14-3-7-16(8-4-14)25(31)32)22(36-18)35-12-19(27)33-10-13-1-5-15(6-2-13)24(29)30/h1-8,18H,9-12H2/t18-/m0/s1. The van der Waals surface area contributed by atoms with Gasteiger partial charge in [0.1, 0.15) is 13.2 Å². The molecule has 0 aliphatic carbocycles. The van der Waals surface area contributed by atoms with E-state index < -0.39 is 21.8 Å². The lowest BCUT2D eigenvalue weighted by Gasteiger charge is -2.34. The predicted molar refractivity (Wildman–Crippen MR) is 128 cm³/mol. The van der Waals surface area contributed by atoms with Gasteiger partial charge >= 0.3 is 11.9 Å². The highest BCUT2D eigenvalue weighted by molar-refractivity contribution is 8.23. The van der Waals surface area contributed by atoms with Gasteiger partial charge in [-0.1, -0.05) is 11.8 Å². The summed E-state index contributed by atoms with van der Waals surface area (Å²) in [5.41, 5.74) is 1.02. The Kier molecular flexibility index (Phi) is 7.55. The van der Waals surface area contributed by atoms with Gasteiger partial charge in [-0.2, -0.15) is 0 Å². The minimum atomic E-state index is -0.738. The number of non-ortho nitro benzene ring substituents is 2. The second kappa shape index (κ2) is 10.8. The first kappa shape index (κ1) is 25.2. The molecule has 2 aliphatic heterocycles. The third-order valence-corrected chi connectivity index (χ3v) is 7.70. The number of carbonyl (C=O) groups excluding carboxylic acids is 3. The number of esters is 2. The van der Waals surface area contributed by atoms with Crippen LogP contribution in [0.4, 0.5) is 11.4 Å². The normalized spacial score (nSPS) is 16.3. The number of rotatable bonds is 10. The lowest BCUT2D eigenvalue weighted by atomic mass is 10.2. The molecule has 12 nitrogen and oxygen atoms in total. The molecule has 0 unspecified atom stereocenters. The number of nitro benzene ring substituents is 2. The molecule has 36 heavy (non-hydrogen) atoms. The van der Waals surface area contributed by atoms with Crippen LogP contribution in [0.15, 0.2) is 58.5 Å². The number of hydrogen-bond acceptors (Lipinski definition) is 11. The first-order valence-electron chi connectivity index (χ1n) is 10.4. The molecule has 0 bridgehead atoms. The first-order valence-corrected chi connectivity index (χ1v) is 12.2. The molecule has 1 atom stereocenters. The Morgan fingerprint density at radius 3 is 1.97 bits per heavy atom. The smallest absolute Gasteiger partial charge is 0.357 e. The van der Waals surface area contributed by atoms with Gasteiger partial charge in [0.2, 0.25) is 5.91 Å². The Balaban J connectivity index is 1.34. The van der Waals surface area contributed by atoms with Crippen molar-refractivity contribution in [3.05, 3.63) is 89.8 Å². The summed E-state index contributed by atoms with van der Waals surface area (Å²) in [5.74, 6) is -1.65. The Hall–Kier alpha value is -3.91. The molecule has 0 spiro atoms. The van der Waals surface area contributed by atoms with Crippen LogP contribution in [0.3, 0.4) is 0 Å². The van der Waals surface area contributed by atoms with Crippen LogP contribution in [0, 0.1) is 20.2 Å². The third-order valence-electron chi connectivity index (χ3n) is 5.16. The number of nitro groups is 2. The summed E-state index contributed by atoms with van der Waals surface area (Å²) in [7, 11) is 0. The maximum absolute atomic E-state index is 12.8. The molecule has 1 fully saturated rings. The summed E-state index contributed by atoms with van der Waals surface area (Å²) in [6, 6.07) is 11.1. The Morgan fingerprint density at radius 2 is 1.47 bits per heavy atom. The van der Waals surface area contributed by atoms with Crippen molar-refractivity contribution >= 4 is 52.7 Å². The van der Waals surface area contributed by atoms with Crippen LogP contribution in [-0.4, -0.2) is 43.7 Å². The number of ether oxygens (including phenoxy) is 2. The maximum atomic E-state index is 12.8. The van der Waals surface area contributed by atoms with Gasteiger partial charge in [-0.25, -0.2) is 4.79 Å². The zero-order valence-electron chi connectivity index (χ0n) is 18.4. The van der Waals surface area contributed by atoms with E-state index in [-0.39, 0.29) is 53.7 Å². The van der Waals surface area contributed by atoms with E-state index in [1.165, 1.54) is 65.2 Å².